The van der Waals surface area contributed by atoms with E-state index in [1.165, 1.54) is 12.8 Å². The second-order valence-electron chi connectivity index (χ2n) is 4.13. The zero-order valence-electron chi connectivity index (χ0n) is 9.99. The fourth-order valence-corrected chi connectivity index (χ4v) is 1.60. The van der Waals surface area contributed by atoms with Gasteiger partial charge in [0.25, 0.3) is 0 Å². The summed E-state index contributed by atoms with van der Waals surface area (Å²) in [5, 5.41) is 3.39. The second kappa shape index (κ2) is 6.16. The van der Waals surface area contributed by atoms with Gasteiger partial charge in [-0.05, 0) is 37.6 Å². The molecule has 88 valence electrons. The van der Waals surface area contributed by atoms with Crippen molar-refractivity contribution in [1.29, 1.82) is 0 Å². The second-order valence-corrected chi connectivity index (χ2v) is 4.13. The fourth-order valence-electron chi connectivity index (χ4n) is 1.60. The minimum absolute atomic E-state index is 0.384. The van der Waals surface area contributed by atoms with Crippen molar-refractivity contribution in [3.63, 3.8) is 0 Å². The van der Waals surface area contributed by atoms with E-state index < -0.39 is 0 Å². The lowest BCUT2D eigenvalue weighted by Gasteiger charge is -2.14. The van der Waals surface area contributed by atoms with Crippen LogP contribution in [0.5, 0.6) is 0 Å². The molecule has 0 saturated carbocycles. The first kappa shape index (κ1) is 12.6. The molecule has 1 aromatic rings. The summed E-state index contributed by atoms with van der Waals surface area (Å²) in [6.07, 6.45) is 3.61. The quantitative estimate of drug-likeness (QED) is 0.774. The number of benzene rings is 1. The van der Waals surface area contributed by atoms with Crippen LogP contribution >= 0.6 is 0 Å². The Hall–Kier alpha value is -1.51. The van der Waals surface area contributed by atoms with E-state index in [-0.39, 0.29) is 5.91 Å². The molecule has 1 atom stereocenters. The smallest absolute Gasteiger partial charge is 0.248 e. The maximum Gasteiger partial charge on any atom is 0.248 e. The van der Waals surface area contributed by atoms with E-state index in [0.29, 0.717) is 11.6 Å². The number of anilines is 1. The van der Waals surface area contributed by atoms with Gasteiger partial charge < -0.3 is 11.1 Å². The summed E-state index contributed by atoms with van der Waals surface area (Å²) in [5.41, 5.74) is 6.76. The van der Waals surface area contributed by atoms with Crippen molar-refractivity contribution in [3.8, 4) is 0 Å². The Bertz CT molecular complexity index is 332. The van der Waals surface area contributed by atoms with E-state index in [2.05, 4.69) is 19.2 Å². The monoisotopic (exact) mass is 220 g/mol. The van der Waals surface area contributed by atoms with E-state index in [9.17, 15) is 4.79 Å². The Balaban J connectivity index is 2.51. The number of carbonyl (C=O) groups excluding carboxylic acids is 1. The van der Waals surface area contributed by atoms with Gasteiger partial charge in [-0.25, -0.2) is 0 Å². The molecule has 0 spiro atoms. The number of unbranched alkanes of at least 4 members (excludes halogenated alkanes) is 1. The summed E-state index contributed by atoms with van der Waals surface area (Å²) in [6.45, 7) is 4.35. The standard InChI is InChI=1S/C13H20N2O/c1-3-4-5-10(2)15-12-8-6-11(7-9-12)13(14)16/h6-10,15H,3-5H2,1-2H3,(H2,14,16). The van der Waals surface area contributed by atoms with Crippen molar-refractivity contribution in [2.75, 3.05) is 5.32 Å². The van der Waals surface area contributed by atoms with E-state index in [1.54, 1.807) is 12.1 Å². The molecule has 0 aliphatic heterocycles. The molecular weight excluding hydrogens is 200 g/mol. The molecule has 0 heterocycles. The first-order valence-electron chi connectivity index (χ1n) is 5.80. The van der Waals surface area contributed by atoms with Crippen LogP contribution < -0.4 is 11.1 Å². The van der Waals surface area contributed by atoms with Crippen molar-refractivity contribution in [1.82, 2.24) is 0 Å². The highest BCUT2D eigenvalue weighted by Gasteiger charge is 2.02. The number of nitrogens with two attached hydrogens (primary N) is 1. The van der Waals surface area contributed by atoms with Crippen molar-refractivity contribution >= 4 is 11.6 Å². The van der Waals surface area contributed by atoms with Crippen LogP contribution in [0, 0.1) is 0 Å². The molecule has 1 aromatic carbocycles. The molecule has 1 rings (SSSR count). The first-order valence-corrected chi connectivity index (χ1v) is 5.80. The Morgan fingerprint density at radius 3 is 2.50 bits per heavy atom. The lowest BCUT2D eigenvalue weighted by molar-refractivity contribution is 0.100. The number of primary amides is 1. The number of hydrogen-bond acceptors (Lipinski definition) is 2. The van der Waals surface area contributed by atoms with Crippen LogP contribution in [-0.2, 0) is 0 Å². The van der Waals surface area contributed by atoms with Gasteiger partial charge >= 0.3 is 0 Å². The molecular formula is C13H20N2O. The molecule has 0 radical (unpaired) electrons. The highest BCUT2D eigenvalue weighted by molar-refractivity contribution is 5.93. The summed E-state index contributed by atoms with van der Waals surface area (Å²) in [7, 11) is 0. The van der Waals surface area contributed by atoms with E-state index in [1.807, 2.05) is 12.1 Å². The largest absolute Gasteiger partial charge is 0.383 e. The maximum atomic E-state index is 10.9. The van der Waals surface area contributed by atoms with Gasteiger partial charge in [0.1, 0.15) is 0 Å². The lowest BCUT2D eigenvalue weighted by atomic mass is 10.1. The van der Waals surface area contributed by atoms with Gasteiger partial charge in [-0.15, -0.1) is 0 Å². The molecule has 0 saturated heterocycles. The topological polar surface area (TPSA) is 55.1 Å². The van der Waals surface area contributed by atoms with Crippen LogP contribution in [0.3, 0.4) is 0 Å². The molecule has 0 fully saturated rings. The number of rotatable bonds is 6. The van der Waals surface area contributed by atoms with Crippen molar-refractivity contribution in [2.45, 2.75) is 39.2 Å². The SMILES string of the molecule is CCCCC(C)Nc1ccc(C(N)=O)cc1. The normalized spacial score (nSPS) is 12.1. The molecule has 3 nitrogen and oxygen atoms in total. The number of nitrogens with one attached hydrogen (secondary N) is 1. The average molecular weight is 220 g/mol. The molecule has 16 heavy (non-hydrogen) atoms. The van der Waals surface area contributed by atoms with Gasteiger partial charge in [0, 0.05) is 17.3 Å². The van der Waals surface area contributed by atoms with Crippen LogP contribution in [-0.4, -0.2) is 11.9 Å². The van der Waals surface area contributed by atoms with Crippen LogP contribution in [0.15, 0.2) is 24.3 Å². The zero-order chi connectivity index (χ0) is 12.0. The average Bonchev–Trinajstić information content (AvgIpc) is 2.27. The number of amides is 1. The first-order chi connectivity index (χ1) is 7.63. The third kappa shape index (κ3) is 3.93. The van der Waals surface area contributed by atoms with Gasteiger partial charge in [0.2, 0.25) is 5.91 Å². The Labute approximate surface area is 97.0 Å². The van der Waals surface area contributed by atoms with E-state index in [0.717, 1.165) is 12.1 Å². The summed E-state index contributed by atoms with van der Waals surface area (Å²) < 4.78 is 0. The molecule has 1 amide bonds. The fraction of sp³-hybridized carbons (Fsp3) is 0.462. The zero-order valence-corrected chi connectivity index (χ0v) is 9.99. The molecule has 3 N–H and O–H groups in total. The Morgan fingerprint density at radius 2 is 2.00 bits per heavy atom. The molecule has 0 bridgehead atoms. The summed E-state index contributed by atoms with van der Waals surface area (Å²) in [5.74, 6) is -0.384. The third-order valence-electron chi connectivity index (χ3n) is 2.57. The third-order valence-corrected chi connectivity index (χ3v) is 2.57. The molecule has 1 unspecified atom stereocenters. The predicted molar refractivity (Wildman–Crippen MR) is 67.6 cm³/mol. The predicted octanol–water partition coefficient (Wildman–Crippen LogP) is 2.78. The maximum absolute atomic E-state index is 10.9. The minimum Gasteiger partial charge on any atom is -0.383 e. The van der Waals surface area contributed by atoms with Gasteiger partial charge in [-0.2, -0.15) is 0 Å². The number of hydrogen-bond donors (Lipinski definition) is 2. The van der Waals surface area contributed by atoms with Crippen molar-refractivity contribution in [3.05, 3.63) is 29.8 Å². The lowest BCUT2D eigenvalue weighted by Crippen LogP contribution is -2.15. The van der Waals surface area contributed by atoms with Gasteiger partial charge in [-0.1, -0.05) is 19.8 Å². The van der Waals surface area contributed by atoms with Crippen LogP contribution in [0.25, 0.3) is 0 Å². The van der Waals surface area contributed by atoms with E-state index in [4.69, 9.17) is 5.73 Å². The molecule has 3 heteroatoms. The summed E-state index contributed by atoms with van der Waals surface area (Å²) in [4.78, 5) is 10.9. The van der Waals surface area contributed by atoms with Gasteiger partial charge in [-0.3, -0.25) is 4.79 Å². The van der Waals surface area contributed by atoms with Crippen LogP contribution in [0.4, 0.5) is 5.69 Å². The minimum atomic E-state index is -0.384. The van der Waals surface area contributed by atoms with Crippen molar-refractivity contribution < 1.29 is 4.79 Å². The Morgan fingerprint density at radius 1 is 1.38 bits per heavy atom. The van der Waals surface area contributed by atoms with Crippen molar-refractivity contribution in [2.24, 2.45) is 5.73 Å². The highest BCUT2D eigenvalue weighted by atomic mass is 16.1. The van der Waals surface area contributed by atoms with Gasteiger partial charge in [0.15, 0.2) is 0 Å². The van der Waals surface area contributed by atoms with Gasteiger partial charge in [0.05, 0.1) is 0 Å². The molecule has 0 aromatic heterocycles. The summed E-state index contributed by atoms with van der Waals surface area (Å²) in [6, 6.07) is 7.74. The summed E-state index contributed by atoms with van der Waals surface area (Å²) >= 11 is 0. The molecule has 0 aliphatic rings. The van der Waals surface area contributed by atoms with E-state index >= 15 is 0 Å². The highest BCUT2D eigenvalue weighted by Crippen LogP contribution is 2.12. The van der Waals surface area contributed by atoms with Crippen LogP contribution in [0.2, 0.25) is 0 Å². The molecule has 0 aliphatic carbocycles. The van der Waals surface area contributed by atoms with Crippen LogP contribution in [0.1, 0.15) is 43.5 Å². The Kier molecular flexibility index (Phi) is 4.83. The number of carbonyl (C=O) groups is 1.